The van der Waals surface area contributed by atoms with Gasteiger partial charge in [0, 0.05) is 12.8 Å². The van der Waals surface area contributed by atoms with E-state index in [4.69, 9.17) is 19.1 Å². The van der Waals surface area contributed by atoms with Crippen LogP contribution in [0.15, 0.2) is 12.7 Å². The van der Waals surface area contributed by atoms with Crippen LogP contribution < -0.4 is 0 Å². The second-order valence-corrected chi connectivity index (χ2v) is 14.1. The molecule has 0 aromatic rings. The number of phosphoric acid groups is 1. The summed E-state index contributed by atoms with van der Waals surface area (Å²) in [5.41, 5.74) is 0. The maximum Gasteiger partial charge on any atom is 0.472 e. The van der Waals surface area contributed by atoms with Crippen molar-refractivity contribution in [2.24, 2.45) is 0 Å². The minimum atomic E-state index is -4.60. The van der Waals surface area contributed by atoms with Crippen LogP contribution in [-0.2, 0) is 32.7 Å². The predicted molar refractivity (Wildman–Crippen MR) is 187 cm³/mol. The highest BCUT2D eigenvalue weighted by atomic mass is 31.2. The molecule has 0 amide bonds. The van der Waals surface area contributed by atoms with Gasteiger partial charge >= 0.3 is 19.8 Å². The highest BCUT2D eigenvalue weighted by Gasteiger charge is 2.27. The Kier molecular flexibility index (Phi) is 32.3. The number of aliphatic hydroxyl groups is 2. The fourth-order valence-electron chi connectivity index (χ4n) is 5.15. The number of esters is 2. The van der Waals surface area contributed by atoms with Gasteiger partial charge in [0.1, 0.15) is 12.7 Å². The van der Waals surface area contributed by atoms with Crippen molar-refractivity contribution in [3.8, 4) is 0 Å². The number of hydrogen-bond donors (Lipinski definition) is 3. The quantitative estimate of drug-likeness (QED) is 0.0252. The first-order valence-electron chi connectivity index (χ1n) is 18.6. The van der Waals surface area contributed by atoms with Crippen molar-refractivity contribution in [3.63, 3.8) is 0 Å². The van der Waals surface area contributed by atoms with Crippen molar-refractivity contribution in [3.05, 3.63) is 12.7 Å². The van der Waals surface area contributed by atoms with Crippen LogP contribution in [0, 0.1) is 0 Å². The maximum atomic E-state index is 12.5. The van der Waals surface area contributed by atoms with Gasteiger partial charge in [0.15, 0.2) is 6.10 Å². The van der Waals surface area contributed by atoms with Crippen LogP contribution in [0.1, 0.15) is 167 Å². The smallest absolute Gasteiger partial charge is 0.462 e. The lowest BCUT2D eigenvalue weighted by atomic mass is 10.0. The van der Waals surface area contributed by atoms with Gasteiger partial charge in [0.2, 0.25) is 0 Å². The van der Waals surface area contributed by atoms with Gasteiger partial charge in [-0.1, -0.05) is 135 Å². The molecular formula is C36H69O10P. The monoisotopic (exact) mass is 692 g/mol. The number of hydrogen-bond acceptors (Lipinski definition) is 9. The van der Waals surface area contributed by atoms with Gasteiger partial charge in [-0.15, -0.1) is 6.58 Å². The van der Waals surface area contributed by atoms with E-state index in [1.807, 2.05) is 6.08 Å². The molecule has 0 rings (SSSR count). The lowest BCUT2D eigenvalue weighted by Gasteiger charge is -2.20. The number of rotatable bonds is 36. The minimum Gasteiger partial charge on any atom is -0.462 e. The zero-order chi connectivity index (χ0) is 34.9. The summed E-state index contributed by atoms with van der Waals surface area (Å²) < 4.78 is 32.5. The second kappa shape index (κ2) is 33.2. The van der Waals surface area contributed by atoms with E-state index in [1.165, 1.54) is 89.9 Å². The molecule has 0 saturated heterocycles. The van der Waals surface area contributed by atoms with E-state index in [2.05, 4.69) is 18.0 Å². The molecule has 0 aromatic carbocycles. The van der Waals surface area contributed by atoms with E-state index in [-0.39, 0.29) is 19.4 Å². The molecule has 47 heavy (non-hydrogen) atoms. The molecule has 0 heterocycles. The van der Waals surface area contributed by atoms with Gasteiger partial charge in [-0.3, -0.25) is 18.6 Å². The molecule has 3 N–H and O–H groups in total. The van der Waals surface area contributed by atoms with Gasteiger partial charge < -0.3 is 24.6 Å². The first-order chi connectivity index (χ1) is 22.7. The number of carbonyl (C=O) groups excluding carboxylic acids is 2. The summed E-state index contributed by atoms with van der Waals surface area (Å²) in [4.78, 5) is 34.7. The highest BCUT2D eigenvalue weighted by molar-refractivity contribution is 7.47. The molecule has 0 aliphatic heterocycles. The Hall–Kier alpha value is -1.29. The van der Waals surface area contributed by atoms with Crippen LogP contribution in [0.25, 0.3) is 0 Å². The zero-order valence-electron chi connectivity index (χ0n) is 29.6. The van der Waals surface area contributed by atoms with Crippen LogP contribution in [0.2, 0.25) is 0 Å². The Balaban J connectivity index is 4.32. The average Bonchev–Trinajstić information content (AvgIpc) is 3.05. The number of aliphatic hydroxyl groups excluding tert-OH is 2. The van der Waals surface area contributed by atoms with E-state index >= 15 is 0 Å². The van der Waals surface area contributed by atoms with Crippen molar-refractivity contribution >= 4 is 19.8 Å². The molecule has 0 saturated carbocycles. The summed E-state index contributed by atoms with van der Waals surface area (Å²) >= 11 is 0. The zero-order valence-corrected chi connectivity index (χ0v) is 30.5. The largest absolute Gasteiger partial charge is 0.472 e. The van der Waals surface area contributed by atoms with Crippen LogP contribution >= 0.6 is 7.82 Å². The third-order valence-electron chi connectivity index (χ3n) is 8.07. The van der Waals surface area contributed by atoms with E-state index in [0.717, 1.165) is 44.9 Å². The fraction of sp³-hybridized carbons (Fsp3) is 0.889. The van der Waals surface area contributed by atoms with Crippen molar-refractivity contribution < 1.29 is 47.8 Å². The van der Waals surface area contributed by atoms with Crippen molar-refractivity contribution in [2.75, 3.05) is 26.4 Å². The number of ether oxygens (including phenoxy) is 2. The molecule has 11 heteroatoms. The summed E-state index contributed by atoms with van der Waals surface area (Å²) in [6.45, 7) is 3.86. The summed E-state index contributed by atoms with van der Waals surface area (Å²) in [6, 6.07) is 0. The first kappa shape index (κ1) is 45.7. The van der Waals surface area contributed by atoms with Gasteiger partial charge in [0.05, 0.1) is 19.8 Å². The van der Waals surface area contributed by atoms with Crippen molar-refractivity contribution in [2.45, 2.75) is 180 Å². The van der Waals surface area contributed by atoms with E-state index in [1.54, 1.807) is 0 Å². The third kappa shape index (κ3) is 33.0. The summed E-state index contributed by atoms with van der Waals surface area (Å²) in [5.74, 6) is -0.926. The van der Waals surface area contributed by atoms with Gasteiger partial charge in [-0.2, -0.15) is 0 Å². The second-order valence-electron chi connectivity index (χ2n) is 12.7. The standard InChI is InChI=1S/C36H69O10P/c1-3-5-7-9-11-13-14-15-16-17-18-20-22-24-26-28-36(40)46-34(32-45-47(41,42)44-30-33(38)29-37)31-43-35(39)27-25-23-21-19-12-10-8-6-4-2/h3,33-34,37-38H,1,4-32H2,2H3,(H,41,42)/t33-,34+/m0/s1. The number of unbranched alkanes of at least 4 members (excludes halogenated alkanes) is 21. The normalized spacial score (nSPS) is 14.0. The Morgan fingerprint density at radius 2 is 1.09 bits per heavy atom. The first-order valence-corrected chi connectivity index (χ1v) is 20.1. The van der Waals surface area contributed by atoms with Crippen molar-refractivity contribution in [1.29, 1.82) is 0 Å². The molecule has 0 spiro atoms. The highest BCUT2D eigenvalue weighted by Crippen LogP contribution is 2.43. The SMILES string of the molecule is C=CCCCCCCCCCCCCCCCC(=O)O[C@H](COC(=O)CCCCCCCCCCC)COP(=O)(O)OC[C@@H](O)CO. The summed E-state index contributed by atoms with van der Waals surface area (Å²) in [5, 5.41) is 18.2. The van der Waals surface area contributed by atoms with Crippen molar-refractivity contribution in [1.82, 2.24) is 0 Å². The molecule has 1 unspecified atom stereocenters. The van der Waals surface area contributed by atoms with Crippen LogP contribution in [-0.4, -0.2) is 65.7 Å². The number of allylic oxidation sites excluding steroid dienone is 1. The molecule has 10 nitrogen and oxygen atoms in total. The molecular weight excluding hydrogens is 623 g/mol. The van der Waals surface area contributed by atoms with Gasteiger partial charge in [-0.25, -0.2) is 4.57 Å². The predicted octanol–water partition coefficient (Wildman–Crippen LogP) is 8.89. The molecule has 0 fully saturated rings. The minimum absolute atomic E-state index is 0.186. The molecule has 0 radical (unpaired) electrons. The van der Waals surface area contributed by atoms with Crippen LogP contribution in [0.4, 0.5) is 0 Å². The molecule has 0 aromatic heterocycles. The van der Waals surface area contributed by atoms with Gasteiger partial charge in [-0.05, 0) is 25.7 Å². The Morgan fingerprint density at radius 1 is 0.660 bits per heavy atom. The lowest BCUT2D eigenvalue weighted by Crippen LogP contribution is -2.29. The van der Waals surface area contributed by atoms with Gasteiger partial charge in [0.25, 0.3) is 0 Å². The molecule has 278 valence electrons. The summed E-state index contributed by atoms with van der Waals surface area (Å²) in [6.07, 6.45) is 26.5. The Bertz CT molecular complexity index is 794. The fourth-order valence-corrected chi connectivity index (χ4v) is 5.94. The Morgan fingerprint density at radius 3 is 1.55 bits per heavy atom. The molecule has 0 aliphatic rings. The van der Waals surface area contributed by atoms with Crippen LogP contribution in [0.5, 0.6) is 0 Å². The maximum absolute atomic E-state index is 12.5. The van der Waals surface area contributed by atoms with E-state index in [9.17, 15) is 24.2 Å². The Labute approximate surface area is 286 Å². The topological polar surface area (TPSA) is 149 Å². The van der Waals surface area contributed by atoms with E-state index < -0.39 is 51.8 Å². The number of phosphoric ester groups is 1. The average molecular weight is 693 g/mol. The lowest BCUT2D eigenvalue weighted by molar-refractivity contribution is -0.161. The van der Waals surface area contributed by atoms with Crippen LogP contribution in [0.3, 0.4) is 0 Å². The summed E-state index contributed by atoms with van der Waals surface area (Å²) in [7, 11) is -4.60. The number of carbonyl (C=O) groups is 2. The molecule has 0 bridgehead atoms. The molecule has 3 atom stereocenters. The van der Waals surface area contributed by atoms with E-state index in [0.29, 0.717) is 12.8 Å². The molecule has 0 aliphatic carbocycles. The third-order valence-corrected chi connectivity index (χ3v) is 9.02.